The monoisotopic (exact) mass is 368 g/mol. The van der Waals surface area contributed by atoms with Crippen molar-refractivity contribution in [2.24, 2.45) is 0 Å². The normalized spacial score (nSPS) is 10.8. The zero-order valence-corrected chi connectivity index (χ0v) is 14.3. The molecule has 1 aromatic heterocycles. The molecule has 0 aliphatic carbocycles. The summed E-state index contributed by atoms with van der Waals surface area (Å²) in [5, 5.41) is 1.04. The molecule has 0 unspecified atom stereocenters. The Balaban J connectivity index is 1.92. The number of hydrogen-bond donors (Lipinski definition) is 0. The van der Waals surface area contributed by atoms with Gasteiger partial charge in [-0.3, -0.25) is 0 Å². The third-order valence-electron chi connectivity index (χ3n) is 3.04. The second-order valence-corrected chi connectivity index (χ2v) is 5.48. The van der Waals surface area contributed by atoms with E-state index in [0.29, 0.717) is 22.2 Å². The van der Waals surface area contributed by atoms with Crippen LogP contribution in [0.5, 0.6) is 5.75 Å². The summed E-state index contributed by atoms with van der Waals surface area (Å²) in [6.07, 6.45) is 2.88. The van der Waals surface area contributed by atoms with E-state index in [-0.39, 0.29) is 12.4 Å². The predicted molar refractivity (Wildman–Crippen MR) is 91.7 cm³/mol. The van der Waals surface area contributed by atoms with E-state index in [4.69, 9.17) is 37.1 Å². The number of benzene rings is 1. The average molecular weight is 369 g/mol. The van der Waals surface area contributed by atoms with E-state index < -0.39 is 11.6 Å². The molecule has 126 valence electrons. The fraction of sp³-hybridized carbons (Fsp3) is 0.176. The highest BCUT2D eigenvalue weighted by Crippen LogP contribution is 2.24. The first-order chi connectivity index (χ1) is 11.5. The molecule has 0 fully saturated rings. The standard InChI is InChI=1S/C17H14Cl2O5/c1-22-12-9-11(24-17(21)10-12)5-6-16(20)23-8-7-13-14(18)3-2-4-15(13)19/h2-6,9-10H,7-8H2,1H3/b6-5+. The average Bonchev–Trinajstić information content (AvgIpc) is 2.55. The maximum Gasteiger partial charge on any atom is 0.339 e. The summed E-state index contributed by atoms with van der Waals surface area (Å²) in [6, 6.07) is 7.85. The quantitative estimate of drug-likeness (QED) is 0.573. The lowest BCUT2D eigenvalue weighted by Gasteiger charge is -2.06. The molecule has 7 heteroatoms. The van der Waals surface area contributed by atoms with Crippen LogP contribution in [-0.2, 0) is 16.0 Å². The fourth-order valence-electron chi connectivity index (χ4n) is 1.90. The van der Waals surface area contributed by atoms with Crippen LogP contribution in [0.25, 0.3) is 6.08 Å². The number of hydrogen-bond acceptors (Lipinski definition) is 5. The maximum absolute atomic E-state index is 11.7. The number of ether oxygens (including phenoxy) is 2. The summed E-state index contributed by atoms with van der Waals surface area (Å²) >= 11 is 12.1. The number of carbonyl (C=O) groups excluding carboxylic acids is 1. The Morgan fingerprint density at radius 2 is 1.96 bits per heavy atom. The van der Waals surface area contributed by atoms with Gasteiger partial charge in [-0.2, -0.15) is 0 Å². The Bertz CT molecular complexity index is 791. The molecule has 5 nitrogen and oxygen atoms in total. The van der Waals surface area contributed by atoms with Crippen LogP contribution in [0.4, 0.5) is 0 Å². The van der Waals surface area contributed by atoms with Crippen LogP contribution in [0.1, 0.15) is 11.3 Å². The van der Waals surface area contributed by atoms with Crippen LogP contribution in [0, 0.1) is 0 Å². The third-order valence-corrected chi connectivity index (χ3v) is 3.75. The summed E-state index contributed by atoms with van der Waals surface area (Å²) in [5.41, 5.74) is 0.145. The Kier molecular flexibility index (Phi) is 6.46. The van der Waals surface area contributed by atoms with Gasteiger partial charge in [-0.15, -0.1) is 0 Å². The van der Waals surface area contributed by atoms with Crippen molar-refractivity contribution >= 4 is 35.2 Å². The summed E-state index contributed by atoms with van der Waals surface area (Å²) in [5.74, 6) is -0.0540. The second kappa shape index (κ2) is 8.57. The molecule has 0 saturated carbocycles. The Morgan fingerprint density at radius 3 is 2.62 bits per heavy atom. The molecule has 0 aliphatic heterocycles. The van der Waals surface area contributed by atoms with Crippen molar-refractivity contribution < 1.29 is 18.7 Å². The van der Waals surface area contributed by atoms with Crippen LogP contribution in [0.15, 0.2) is 45.6 Å². The van der Waals surface area contributed by atoms with Gasteiger partial charge in [0.05, 0.1) is 19.8 Å². The summed E-state index contributed by atoms with van der Waals surface area (Å²) in [4.78, 5) is 23.0. The summed E-state index contributed by atoms with van der Waals surface area (Å²) in [7, 11) is 1.43. The second-order valence-electron chi connectivity index (χ2n) is 4.67. The minimum absolute atomic E-state index is 0.120. The van der Waals surface area contributed by atoms with E-state index in [0.717, 1.165) is 11.6 Å². The Labute approximate surface area is 148 Å². The first-order valence-electron chi connectivity index (χ1n) is 6.96. The molecule has 0 atom stereocenters. The van der Waals surface area contributed by atoms with E-state index in [1.165, 1.54) is 25.3 Å². The van der Waals surface area contributed by atoms with Crippen molar-refractivity contribution in [1.29, 1.82) is 0 Å². The van der Waals surface area contributed by atoms with Gasteiger partial charge in [0.25, 0.3) is 0 Å². The molecule has 2 aromatic rings. The number of rotatable bonds is 6. The van der Waals surface area contributed by atoms with Gasteiger partial charge in [0.15, 0.2) is 0 Å². The molecular formula is C17H14Cl2O5. The van der Waals surface area contributed by atoms with Gasteiger partial charge in [0, 0.05) is 28.6 Å². The van der Waals surface area contributed by atoms with Gasteiger partial charge in [0.2, 0.25) is 0 Å². The minimum Gasteiger partial charge on any atom is -0.496 e. The smallest absolute Gasteiger partial charge is 0.339 e. The molecule has 0 spiro atoms. The van der Waals surface area contributed by atoms with E-state index in [1.54, 1.807) is 18.2 Å². The Hall–Kier alpha value is -2.24. The van der Waals surface area contributed by atoms with Gasteiger partial charge in [-0.05, 0) is 23.8 Å². The molecule has 0 N–H and O–H groups in total. The van der Waals surface area contributed by atoms with E-state index in [2.05, 4.69) is 0 Å². The van der Waals surface area contributed by atoms with Gasteiger partial charge >= 0.3 is 11.6 Å². The first-order valence-corrected chi connectivity index (χ1v) is 7.72. The predicted octanol–water partition coefficient (Wildman–Crippen LogP) is 3.75. The molecule has 2 rings (SSSR count). The maximum atomic E-state index is 11.7. The topological polar surface area (TPSA) is 65.7 Å². The molecule has 0 bridgehead atoms. The molecular weight excluding hydrogens is 355 g/mol. The van der Waals surface area contributed by atoms with Crippen molar-refractivity contribution in [1.82, 2.24) is 0 Å². The molecule has 24 heavy (non-hydrogen) atoms. The highest BCUT2D eigenvalue weighted by Gasteiger charge is 2.07. The molecule has 0 saturated heterocycles. The van der Waals surface area contributed by atoms with Crippen molar-refractivity contribution in [3.8, 4) is 5.75 Å². The SMILES string of the molecule is COc1cc(/C=C/C(=O)OCCc2c(Cl)cccc2Cl)oc(=O)c1. The molecule has 0 aliphatic rings. The van der Waals surface area contributed by atoms with E-state index >= 15 is 0 Å². The molecule has 0 amide bonds. The number of methoxy groups -OCH3 is 1. The lowest BCUT2D eigenvalue weighted by Crippen LogP contribution is -2.05. The largest absolute Gasteiger partial charge is 0.496 e. The van der Waals surface area contributed by atoms with Crippen molar-refractivity contribution in [3.63, 3.8) is 0 Å². The van der Waals surface area contributed by atoms with Gasteiger partial charge < -0.3 is 13.9 Å². The highest BCUT2D eigenvalue weighted by molar-refractivity contribution is 6.35. The number of carbonyl (C=O) groups is 1. The Morgan fingerprint density at radius 1 is 1.25 bits per heavy atom. The minimum atomic E-state index is -0.580. The van der Waals surface area contributed by atoms with E-state index in [9.17, 15) is 9.59 Å². The van der Waals surface area contributed by atoms with Gasteiger partial charge in [0.1, 0.15) is 11.5 Å². The van der Waals surface area contributed by atoms with Gasteiger partial charge in [-0.1, -0.05) is 29.3 Å². The van der Waals surface area contributed by atoms with Crippen LogP contribution < -0.4 is 10.4 Å². The van der Waals surface area contributed by atoms with Crippen LogP contribution in [-0.4, -0.2) is 19.7 Å². The molecule has 1 heterocycles. The zero-order chi connectivity index (χ0) is 17.5. The summed E-state index contributed by atoms with van der Waals surface area (Å²) in [6.45, 7) is 0.120. The van der Waals surface area contributed by atoms with Crippen LogP contribution in [0.2, 0.25) is 10.0 Å². The fourth-order valence-corrected chi connectivity index (χ4v) is 2.48. The van der Waals surface area contributed by atoms with Crippen molar-refractivity contribution in [2.45, 2.75) is 6.42 Å². The summed E-state index contributed by atoms with van der Waals surface area (Å²) < 4.78 is 14.9. The van der Waals surface area contributed by atoms with Crippen molar-refractivity contribution in [3.05, 3.63) is 68.2 Å². The lowest BCUT2D eigenvalue weighted by atomic mass is 10.1. The lowest BCUT2D eigenvalue weighted by molar-refractivity contribution is -0.137. The van der Waals surface area contributed by atoms with Gasteiger partial charge in [-0.25, -0.2) is 9.59 Å². The first kappa shape index (κ1) is 18.1. The number of esters is 1. The van der Waals surface area contributed by atoms with Crippen LogP contribution in [0.3, 0.4) is 0 Å². The zero-order valence-electron chi connectivity index (χ0n) is 12.8. The highest BCUT2D eigenvalue weighted by atomic mass is 35.5. The molecule has 0 radical (unpaired) electrons. The third kappa shape index (κ3) is 5.15. The molecule has 1 aromatic carbocycles. The van der Waals surface area contributed by atoms with Crippen molar-refractivity contribution in [2.75, 3.05) is 13.7 Å². The van der Waals surface area contributed by atoms with E-state index in [1.807, 2.05) is 0 Å². The number of halogens is 2. The van der Waals surface area contributed by atoms with Crippen LogP contribution >= 0.6 is 23.2 Å².